The van der Waals surface area contributed by atoms with Crippen molar-refractivity contribution in [1.29, 1.82) is 0 Å². The van der Waals surface area contributed by atoms with Crippen molar-refractivity contribution in [2.75, 3.05) is 5.32 Å². The molecule has 0 radical (unpaired) electrons. The number of aromatic nitrogens is 2. The lowest BCUT2D eigenvalue weighted by Crippen LogP contribution is -2.12. The third-order valence-electron chi connectivity index (χ3n) is 3.03. The molecule has 20 heavy (non-hydrogen) atoms. The van der Waals surface area contributed by atoms with Crippen molar-refractivity contribution < 1.29 is 9.21 Å². The first-order valence-corrected chi connectivity index (χ1v) is 6.18. The van der Waals surface area contributed by atoms with Crippen molar-refractivity contribution in [1.82, 2.24) is 9.55 Å². The highest BCUT2D eigenvalue weighted by Crippen LogP contribution is 2.15. The highest BCUT2D eigenvalue weighted by Gasteiger charge is 2.11. The largest absolute Gasteiger partial charge is 0.469 e. The quantitative estimate of drug-likeness (QED) is 0.793. The lowest BCUT2D eigenvalue weighted by Gasteiger charge is -2.06. The van der Waals surface area contributed by atoms with Crippen molar-refractivity contribution in [3.8, 4) is 5.69 Å². The third kappa shape index (κ3) is 2.33. The smallest absolute Gasteiger partial charge is 0.259 e. The maximum absolute atomic E-state index is 12.0. The summed E-state index contributed by atoms with van der Waals surface area (Å²) in [5, 5.41) is 2.83. The average Bonchev–Trinajstić information content (AvgIpc) is 3.10. The zero-order valence-electron chi connectivity index (χ0n) is 10.9. The molecule has 100 valence electrons. The number of aryl methyl sites for hydroxylation is 1. The summed E-state index contributed by atoms with van der Waals surface area (Å²) < 4.78 is 7.01. The molecular weight excluding hydrogens is 254 g/mol. The van der Waals surface area contributed by atoms with Gasteiger partial charge in [0.2, 0.25) is 0 Å². The zero-order chi connectivity index (χ0) is 13.9. The van der Waals surface area contributed by atoms with E-state index < -0.39 is 0 Å². The highest BCUT2D eigenvalue weighted by molar-refractivity contribution is 6.04. The predicted octanol–water partition coefficient (Wildman–Crippen LogP) is 3.03. The SMILES string of the molecule is Cc1occc1C(=O)Nc1ccc(-n2ccnc2)cc1. The summed E-state index contributed by atoms with van der Waals surface area (Å²) in [7, 11) is 0. The molecule has 0 atom stereocenters. The molecule has 0 aliphatic carbocycles. The number of rotatable bonds is 3. The van der Waals surface area contributed by atoms with Crippen LogP contribution in [0.25, 0.3) is 5.69 Å². The number of hydrogen-bond acceptors (Lipinski definition) is 3. The minimum Gasteiger partial charge on any atom is -0.469 e. The highest BCUT2D eigenvalue weighted by atomic mass is 16.3. The molecule has 0 aliphatic rings. The molecular formula is C15H13N3O2. The molecule has 0 saturated heterocycles. The van der Waals surface area contributed by atoms with Crippen molar-refractivity contribution in [3.05, 3.63) is 66.6 Å². The van der Waals surface area contributed by atoms with E-state index in [1.807, 2.05) is 35.0 Å². The van der Waals surface area contributed by atoms with Crippen LogP contribution in [-0.2, 0) is 0 Å². The number of hydrogen-bond donors (Lipinski definition) is 1. The van der Waals surface area contributed by atoms with E-state index >= 15 is 0 Å². The van der Waals surface area contributed by atoms with E-state index in [2.05, 4.69) is 10.3 Å². The number of carbonyl (C=O) groups is 1. The molecule has 0 saturated carbocycles. The second kappa shape index (κ2) is 5.05. The standard InChI is InChI=1S/C15H13N3O2/c1-11-14(6-9-20-11)15(19)17-12-2-4-13(5-3-12)18-8-7-16-10-18/h2-10H,1H3,(H,17,19). The van der Waals surface area contributed by atoms with Gasteiger partial charge in [-0.25, -0.2) is 4.98 Å². The summed E-state index contributed by atoms with van der Waals surface area (Å²) in [4.78, 5) is 16.0. The summed E-state index contributed by atoms with van der Waals surface area (Å²) in [5.74, 6) is 0.434. The van der Waals surface area contributed by atoms with Crippen LogP contribution in [0.5, 0.6) is 0 Å². The number of amides is 1. The van der Waals surface area contributed by atoms with Crippen LogP contribution in [0.15, 0.2) is 59.7 Å². The Kier molecular flexibility index (Phi) is 3.09. The Morgan fingerprint density at radius 1 is 1.25 bits per heavy atom. The first-order valence-electron chi connectivity index (χ1n) is 6.18. The van der Waals surface area contributed by atoms with E-state index in [0.717, 1.165) is 11.4 Å². The van der Waals surface area contributed by atoms with Crippen LogP contribution in [0, 0.1) is 6.92 Å². The maximum Gasteiger partial charge on any atom is 0.259 e. The van der Waals surface area contributed by atoms with Gasteiger partial charge in [0.15, 0.2) is 0 Å². The minimum absolute atomic E-state index is 0.174. The molecule has 3 rings (SSSR count). The van der Waals surface area contributed by atoms with Crippen LogP contribution in [0.1, 0.15) is 16.1 Å². The molecule has 5 nitrogen and oxygen atoms in total. The molecule has 0 spiro atoms. The van der Waals surface area contributed by atoms with Crippen LogP contribution in [0.4, 0.5) is 5.69 Å². The molecule has 1 amide bonds. The molecule has 0 unspecified atom stereocenters. The molecule has 2 heterocycles. The molecule has 1 N–H and O–H groups in total. The Morgan fingerprint density at radius 3 is 2.65 bits per heavy atom. The Bertz CT molecular complexity index is 712. The molecule has 2 aromatic heterocycles. The number of furan rings is 1. The summed E-state index contributed by atoms with van der Waals surface area (Å²) in [6.07, 6.45) is 6.81. The molecule has 1 aromatic carbocycles. The summed E-state index contributed by atoms with van der Waals surface area (Å²) in [5.41, 5.74) is 2.27. The van der Waals surface area contributed by atoms with Gasteiger partial charge in [-0.3, -0.25) is 4.79 Å². The number of nitrogens with one attached hydrogen (secondary N) is 1. The van der Waals surface area contributed by atoms with Gasteiger partial charge < -0.3 is 14.3 Å². The fraction of sp³-hybridized carbons (Fsp3) is 0.0667. The first-order chi connectivity index (χ1) is 9.74. The van der Waals surface area contributed by atoms with Crippen molar-refractivity contribution >= 4 is 11.6 Å². The second-order valence-corrected chi connectivity index (χ2v) is 4.36. The monoisotopic (exact) mass is 267 g/mol. The summed E-state index contributed by atoms with van der Waals surface area (Å²) in [6.45, 7) is 1.76. The zero-order valence-corrected chi connectivity index (χ0v) is 10.9. The van der Waals surface area contributed by atoms with Crippen molar-refractivity contribution in [2.24, 2.45) is 0 Å². The lowest BCUT2D eigenvalue weighted by atomic mass is 10.2. The van der Waals surface area contributed by atoms with E-state index in [0.29, 0.717) is 11.3 Å². The van der Waals surface area contributed by atoms with E-state index in [1.54, 1.807) is 25.5 Å². The summed E-state index contributed by atoms with van der Waals surface area (Å²) in [6, 6.07) is 9.19. The van der Waals surface area contributed by atoms with Crippen LogP contribution >= 0.6 is 0 Å². The van der Waals surface area contributed by atoms with Gasteiger partial charge in [-0.15, -0.1) is 0 Å². The normalized spacial score (nSPS) is 10.4. The van der Waals surface area contributed by atoms with Gasteiger partial charge in [0, 0.05) is 23.8 Å². The third-order valence-corrected chi connectivity index (χ3v) is 3.03. The van der Waals surface area contributed by atoms with Crippen molar-refractivity contribution in [2.45, 2.75) is 6.92 Å². The molecule has 0 bridgehead atoms. The van der Waals surface area contributed by atoms with Gasteiger partial charge in [0.25, 0.3) is 5.91 Å². The Balaban J connectivity index is 1.76. The average molecular weight is 267 g/mol. The van der Waals surface area contributed by atoms with Gasteiger partial charge in [0.05, 0.1) is 18.2 Å². The number of nitrogens with zero attached hydrogens (tertiary/aromatic N) is 2. The molecule has 0 fully saturated rings. The van der Waals surface area contributed by atoms with Crippen LogP contribution in [0.2, 0.25) is 0 Å². The van der Waals surface area contributed by atoms with Crippen molar-refractivity contribution in [3.63, 3.8) is 0 Å². The summed E-state index contributed by atoms with van der Waals surface area (Å²) >= 11 is 0. The lowest BCUT2D eigenvalue weighted by molar-refractivity contribution is 0.102. The molecule has 5 heteroatoms. The van der Waals surface area contributed by atoms with Gasteiger partial charge in [0.1, 0.15) is 5.76 Å². The van der Waals surface area contributed by atoms with E-state index in [4.69, 9.17) is 4.42 Å². The van der Waals surface area contributed by atoms with E-state index in [-0.39, 0.29) is 5.91 Å². The fourth-order valence-electron chi connectivity index (χ4n) is 1.95. The number of benzene rings is 1. The number of carbonyl (C=O) groups excluding carboxylic acids is 1. The van der Waals surface area contributed by atoms with E-state index in [1.165, 1.54) is 6.26 Å². The Labute approximate surface area is 115 Å². The van der Waals surface area contributed by atoms with E-state index in [9.17, 15) is 4.79 Å². The predicted molar refractivity (Wildman–Crippen MR) is 75.0 cm³/mol. The number of anilines is 1. The van der Waals surface area contributed by atoms with Gasteiger partial charge in [-0.1, -0.05) is 0 Å². The number of imidazole rings is 1. The fourth-order valence-corrected chi connectivity index (χ4v) is 1.95. The van der Waals surface area contributed by atoms with Gasteiger partial charge in [-0.2, -0.15) is 0 Å². The Morgan fingerprint density at radius 2 is 2.05 bits per heavy atom. The molecule has 3 aromatic rings. The van der Waals surface area contributed by atoms with Gasteiger partial charge in [-0.05, 0) is 37.3 Å². The van der Waals surface area contributed by atoms with Crippen LogP contribution in [-0.4, -0.2) is 15.5 Å². The Hall–Kier alpha value is -2.82. The maximum atomic E-state index is 12.0. The molecule has 0 aliphatic heterocycles. The first kappa shape index (κ1) is 12.2. The van der Waals surface area contributed by atoms with Crippen LogP contribution in [0.3, 0.4) is 0 Å². The van der Waals surface area contributed by atoms with Gasteiger partial charge >= 0.3 is 0 Å². The topological polar surface area (TPSA) is 60.1 Å². The van der Waals surface area contributed by atoms with Crippen LogP contribution < -0.4 is 5.32 Å². The minimum atomic E-state index is -0.174. The second-order valence-electron chi connectivity index (χ2n) is 4.36.